The van der Waals surface area contributed by atoms with Gasteiger partial charge in [-0.25, -0.2) is 4.79 Å². The lowest BCUT2D eigenvalue weighted by Crippen LogP contribution is -2.34. The molecule has 0 bridgehead atoms. The van der Waals surface area contributed by atoms with Crippen LogP contribution in [0.5, 0.6) is 0 Å². The number of cyclic esters (lactones) is 1. The van der Waals surface area contributed by atoms with E-state index in [1.807, 2.05) is 6.92 Å². The smallest absolute Gasteiger partial charge is 0.414 e. The van der Waals surface area contributed by atoms with Crippen LogP contribution in [0, 0.1) is 6.92 Å². The minimum atomic E-state index is -0.450. The van der Waals surface area contributed by atoms with E-state index in [9.17, 15) is 9.59 Å². The van der Waals surface area contributed by atoms with Crippen molar-refractivity contribution >= 4 is 29.3 Å². The largest absolute Gasteiger partial charge is 0.442 e. The lowest BCUT2D eigenvalue weighted by Gasteiger charge is -2.13. The van der Waals surface area contributed by atoms with Gasteiger partial charge in [0.05, 0.1) is 18.7 Å². The fraction of sp³-hybridized carbons (Fsp3) is 0.235. The maximum Gasteiger partial charge on any atom is 0.414 e. The summed E-state index contributed by atoms with van der Waals surface area (Å²) in [7, 11) is 0. The first-order chi connectivity index (χ1) is 11.5. The van der Waals surface area contributed by atoms with E-state index >= 15 is 0 Å². The number of carbonyl (C=O) groups is 2. The normalized spacial score (nSPS) is 16.8. The Morgan fingerprint density at radius 1 is 1.42 bits per heavy atom. The van der Waals surface area contributed by atoms with Gasteiger partial charge in [-0.2, -0.15) is 0 Å². The molecule has 1 saturated heterocycles. The van der Waals surface area contributed by atoms with Crippen molar-refractivity contribution in [3.8, 4) is 0 Å². The number of rotatable bonds is 4. The second-order valence-electron chi connectivity index (χ2n) is 5.56. The van der Waals surface area contributed by atoms with E-state index in [2.05, 4.69) is 10.3 Å². The van der Waals surface area contributed by atoms with Crippen LogP contribution in [0.4, 0.5) is 10.5 Å². The molecule has 0 radical (unpaired) electrons. The molecule has 0 saturated carbocycles. The zero-order chi connectivity index (χ0) is 17.1. The van der Waals surface area contributed by atoms with Crippen molar-refractivity contribution in [1.82, 2.24) is 10.3 Å². The Morgan fingerprint density at radius 2 is 2.25 bits per heavy atom. The summed E-state index contributed by atoms with van der Waals surface area (Å²) in [4.78, 5) is 29.6. The summed E-state index contributed by atoms with van der Waals surface area (Å²) in [5.41, 5.74) is 2.05. The minimum Gasteiger partial charge on any atom is -0.442 e. The third kappa shape index (κ3) is 3.65. The number of pyridine rings is 1. The zero-order valence-electron chi connectivity index (χ0n) is 13.0. The number of benzene rings is 1. The summed E-state index contributed by atoms with van der Waals surface area (Å²) in [5, 5.41) is 3.31. The molecule has 2 aromatic rings. The summed E-state index contributed by atoms with van der Waals surface area (Å²) >= 11 is 5.95. The van der Waals surface area contributed by atoms with Crippen molar-refractivity contribution in [3.05, 3.63) is 58.9 Å². The van der Waals surface area contributed by atoms with Crippen LogP contribution in [0.2, 0.25) is 5.02 Å². The molecular formula is C17H16ClN3O3. The van der Waals surface area contributed by atoms with Crippen molar-refractivity contribution in [2.45, 2.75) is 13.0 Å². The minimum absolute atomic E-state index is 0.232. The molecule has 0 aliphatic carbocycles. The highest BCUT2D eigenvalue weighted by Gasteiger charge is 2.32. The lowest BCUT2D eigenvalue weighted by atomic mass is 10.2. The molecule has 1 fully saturated rings. The average molecular weight is 346 g/mol. The Balaban J connectivity index is 1.59. The number of ether oxygens (including phenoxy) is 1. The van der Waals surface area contributed by atoms with Crippen LogP contribution in [0.3, 0.4) is 0 Å². The number of anilines is 1. The van der Waals surface area contributed by atoms with Gasteiger partial charge in [-0.3, -0.25) is 14.7 Å². The number of halogens is 1. The summed E-state index contributed by atoms with van der Waals surface area (Å²) < 4.78 is 5.29. The van der Waals surface area contributed by atoms with E-state index in [1.165, 1.54) is 11.1 Å². The number of nitrogens with one attached hydrogen (secondary N) is 1. The van der Waals surface area contributed by atoms with Gasteiger partial charge in [-0.05, 0) is 36.8 Å². The number of nitrogens with zero attached hydrogens (tertiary/aromatic N) is 2. The molecule has 0 spiro atoms. The second-order valence-corrected chi connectivity index (χ2v) is 5.99. The standard InChI is InChI=1S/C17H16ClN3O3/c1-11-5-12(8-19-7-11)16(22)20-9-15-10-21(17(23)24-15)14-4-2-3-13(18)6-14/h2-8,15H,9-10H2,1H3,(H,20,22). The van der Waals surface area contributed by atoms with Crippen LogP contribution in [-0.4, -0.2) is 36.2 Å². The predicted octanol–water partition coefficient (Wildman–Crippen LogP) is 2.80. The van der Waals surface area contributed by atoms with Gasteiger partial charge in [0.15, 0.2) is 0 Å². The Morgan fingerprint density at radius 3 is 3.00 bits per heavy atom. The van der Waals surface area contributed by atoms with Gasteiger partial charge in [0, 0.05) is 23.1 Å². The molecule has 2 heterocycles. The number of aryl methyl sites for hydroxylation is 1. The van der Waals surface area contributed by atoms with E-state index in [4.69, 9.17) is 16.3 Å². The lowest BCUT2D eigenvalue weighted by molar-refractivity contribution is 0.0915. The first-order valence-electron chi connectivity index (χ1n) is 7.46. The highest BCUT2D eigenvalue weighted by Crippen LogP contribution is 2.24. The Labute approximate surface area is 144 Å². The van der Waals surface area contributed by atoms with Crippen LogP contribution in [0.25, 0.3) is 0 Å². The summed E-state index contributed by atoms with van der Waals surface area (Å²) in [6.45, 7) is 2.45. The topological polar surface area (TPSA) is 71.5 Å². The van der Waals surface area contributed by atoms with Crippen molar-refractivity contribution in [2.24, 2.45) is 0 Å². The fourth-order valence-corrected chi connectivity index (χ4v) is 2.65. The van der Waals surface area contributed by atoms with E-state index < -0.39 is 12.2 Å². The van der Waals surface area contributed by atoms with Crippen LogP contribution < -0.4 is 10.2 Å². The number of hydrogen-bond acceptors (Lipinski definition) is 4. The van der Waals surface area contributed by atoms with Gasteiger partial charge < -0.3 is 10.1 Å². The highest BCUT2D eigenvalue weighted by atomic mass is 35.5. The average Bonchev–Trinajstić information content (AvgIpc) is 2.93. The molecule has 1 atom stereocenters. The SMILES string of the molecule is Cc1cncc(C(=O)NCC2CN(c3cccc(Cl)c3)C(=O)O2)c1. The van der Waals surface area contributed by atoms with E-state index in [0.29, 0.717) is 22.8 Å². The van der Waals surface area contributed by atoms with Gasteiger partial charge in [-0.1, -0.05) is 17.7 Å². The molecule has 1 aliphatic rings. The van der Waals surface area contributed by atoms with Gasteiger partial charge >= 0.3 is 6.09 Å². The predicted molar refractivity (Wildman–Crippen MR) is 90.4 cm³/mol. The Hall–Kier alpha value is -2.60. The van der Waals surface area contributed by atoms with Crippen molar-refractivity contribution < 1.29 is 14.3 Å². The molecule has 2 amide bonds. The molecule has 1 aromatic heterocycles. The van der Waals surface area contributed by atoms with Crippen LogP contribution in [-0.2, 0) is 4.74 Å². The summed E-state index contributed by atoms with van der Waals surface area (Å²) in [6, 6.07) is 8.74. The van der Waals surface area contributed by atoms with Crippen LogP contribution in [0.15, 0.2) is 42.7 Å². The van der Waals surface area contributed by atoms with Gasteiger partial charge in [0.2, 0.25) is 0 Å². The van der Waals surface area contributed by atoms with Crippen LogP contribution >= 0.6 is 11.6 Å². The number of carbonyl (C=O) groups excluding carboxylic acids is 2. The molecule has 1 N–H and O–H groups in total. The molecule has 124 valence electrons. The van der Waals surface area contributed by atoms with Gasteiger partial charge in [0.25, 0.3) is 5.91 Å². The van der Waals surface area contributed by atoms with E-state index in [-0.39, 0.29) is 12.5 Å². The quantitative estimate of drug-likeness (QED) is 0.925. The number of amides is 2. The molecule has 6 nitrogen and oxygen atoms in total. The first kappa shape index (κ1) is 16.3. The van der Waals surface area contributed by atoms with Crippen molar-refractivity contribution in [1.29, 1.82) is 0 Å². The van der Waals surface area contributed by atoms with Crippen LogP contribution in [0.1, 0.15) is 15.9 Å². The Kier molecular flexibility index (Phi) is 4.66. The van der Waals surface area contributed by atoms with E-state index in [1.54, 1.807) is 36.5 Å². The molecule has 24 heavy (non-hydrogen) atoms. The summed E-state index contributed by atoms with van der Waals surface area (Å²) in [5.74, 6) is -0.247. The monoisotopic (exact) mass is 345 g/mol. The zero-order valence-corrected chi connectivity index (χ0v) is 13.8. The number of aromatic nitrogens is 1. The van der Waals surface area contributed by atoms with E-state index in [0.717, 1.165) is 5.56 Å². The molecule has 1 aromatic carbocycles. The maximum atomic E-state index is 12.1. The molecule has 1 aliphatic heterocycles. The third-order valence-electron chi connectivity index (χ3n) is 3.62. The van der Waals surface area contributed by atoms with Gasteiger partial charge in [0.1, 0.15) is 6.10 Å². The molecular weight excluding hydrogens is 330 g/mol. The molecule has 1 unspecified atom stereocenters. The fourth-order valence-electron chi connectivity index (χ4n) is 2.47. The van der Waals surface area contributed by atoms with Gasteiger partial charge in [-0.15, -0.1) is 0 Å². The van der Waals surface area contributed by atoms with Crippen molar-refractivity contribution in [2.75, 3.05) is 18.0 Å². The Bertz CT molecular complexity index is 781. The molecule has 3 rings (SSSR count). The third-order valence-corrected chi connectivity index (χ3v) is 3.86. The number of hydrogen-bond donors (Lipinski definition) is 1. The first-order valence-corrected chi connectivity index (χ1v) is 7.84. The highest BCUT2D eigenvalue weighted by molar-refractivity contribution is 6.30. The van der Waals surface area contributed by atoms with Crippen molar-refractivity contribution in [3.63, 3.8) is 0 Å². The second kappa shape index (κ2) is 6.88. The maximum absolute atomic E-state index is 12.1. The summed E-state index contributed by atoms with van der Waals surface area (Å²) in [6.07, 6.45) is 2.31. The molecule has 7 heteroatoms.